The standard InChI is InChI=1S/C19H22N4O3/c1-12(2)16(21-17(24)14-8-6-13(3)7-9-14)19(26)23-22-18(25)15-5-4-10-20-11-15/h4-12,16H,1-3H3,(H,21,24)(H,22,25)(H,23,26)/t16-/m0/s1. The van der Waals surface area contributed by atoms with Crippen LogP contribution in [0.5, 0.6) is 0 Å². The van der Waals surface area contributed by atoms with E-state index < -0.39 is 17.9 Å². The van der Waals surface area contributed by atoms with E-state index in [4.69, 9.17) is 0 Å². The molecular formula is C19H22N4O3. The molecule has 136 valence electrons. The van der Waals surface area contributed by atoms with Crippen LogP contribution in [0.15, 0.2) is 48.8 Å². The van der Waals surface area contributed by atoms with Crippen LogP contribution < -0.4 is 16.2 Å². The van der Waals surface area contributed by atoms with Crippen molar-refractivity contribution in [3.63, 3.8) is 0 Å². The average molecular weight is 354 g/mol. The molecule has 0 unspecified atom stereocenters. The van der Waals surface area contributed by atoms with Crippen LogP contribution in [-0.2, 0) is 4.79 Å². The van der Waals surface area contributed by atoms with Crippen LogP contribution in [0.25, 0.3) is 0 Å². The van der Waals surface area contributed by atoms with Gasteiger partial charge in [0.2, 0.25) is 0 Å². The quantitative estimate of drug-likeness (QED) is 0.710. The van der Waals surface area contributed by atoms with Gasteiger partial charge in [0.15, 0.2) is 0 Å². The van der Waals surface area contributed by atoms with Crippen molar-refractivity contribution in [2.75, 3.05) is 0 Å². The minimum atomic E-state index is -0.794. The summed E-state index contributed by atoms with van der Waals surface area (Å²) in [4.78, 5) is 40.5. The molecule has 7 heteroatoms. The maximum Gasteiger partial charge on any atom is 0.271 e. The molecule has 0 fully saturated rings. The van der Waals surface area contributed by atoms with Gasteiger partial charge in [-0.1, -0.05) is 31.5 Å². The van der Waals surface area contributed by atoms with Gasteiger partial charge < -0.3 is 5.32 Å². The van der Waals surface area contributed by atoms with E-state index in [2.05, 4.69) is 21.2 Å². The van der Waals surface area contributed by atoms with Gasteiger partial charge in [-0.2, -0.15) is 0 Å². The summed E-state index contributed by atoms with van der Waals surface area (Å²) in [5, 5.41) is 2.70. The molecule has 0 aliphatic carbocycles. The number of nitrogens with one attached hydrogen (secondary N) is 3. The van der Waals surface area contributed by atoms with Gasteiger partial charge in [-0.05, 0) is 37.1 Å². The molecule has 0 aliphatic rings. The number of hydrazine groups is 1. The largest absolute Gasteiger partial charge is 0.340 e. The Balaban J connectivity index is 1.97. The van der Waals surface area contributed by atoms with Crippen molar-refractivity contribution in [2.45, 2.75) is 26.8 Å². The molecule has 0 saturated carbocycles. The molecular weight excluding hydrogens is 332 g/mol. The number of aryl methyl sites for hydroxylation is 1. The lowest BCUT2D eigenvalue weighted by atomic mass is 10.0. The summed E-state index contributed by atoms with van der Waals surface area (Å²) in [6.07, 6.45) is 2.94. The van der Waals surface area contributed by atoms with Crippen LogP contribution in [0.2, 0.25) is 0 Å². The number of hydrogen-bond acceptors (Lipinski definition) is 4. The topological polar surface area (TPSA) is 100 Å². The predicted octanol–water partition coefficient (Wildman–Crippen LogP) is 1.61. The average Bonchev–Trinajstić information content (AvgIpc) is 2.64. The van der Waals surface area contributed by atoms with E-state index in [9.17, 15) is 14.4 Å². The Morgan fingerprint density at radius 3 is 2.19 bits per heavy atom. The Kier molecular flexibility index (Phi) is 6.43. The van der Waals surface area contributed by atoms with E-state index in [0.29, 0.717) is 11.1 Å². The van der Waals surface area contributed by atoms with Crippen LogP contribution in [0.4, 0.5) is 0 Å². The number of amides is 3. The van der Waals surface area contributed by atoms with Crippen molar-refractivity contribution in [1.29, 1.82) is 0 Å². The van der Waals surface area contributed by atoms with Crippen molar-refractivity contribution in [3.05, 3.63) is 65.5 Å². The first kappa shape index (κ1) is 19.1. The lowest BCUT2D eigenvalue weighted by Gasteiger charge is -2.22. The number of nitrogens with zero attached hydrogens (tertiary/aromatic N) is 1. The fraction of sp³-hybridized carbons (Fsp3) is 0.263. The van der Waals surface area contributed by atoms with Gasteiger partial charge in [0.25, 0.3) is 17.7 Å². The van der Waals surface area contributed by atoms with Crippen LogP contribution in [0, 0.1) is 12.8 Å². The molecule has 0 spiro atoms. The lowest BCUT2D eigenvalue weighted by molar-refractivity contribution is -0.124. The molecule has 0 aliphatic heterocycles. The molecule has 3 amide bonds. The van der Waals surface area contributed by atoms with E-state index in [1.165, 1.54) is 6.20 Å². The summed E-state index contributed by atoms with van der Waals surface area (Å²) < 4.78 is 0. The zero-order chi connectivity index (χ0) is 19.1. The number of hydrogen-bond donors (Lipinski definition) is 3. The highest BCUT2D eigenvalue weighted by Gasteiger charge is 2.25. The summed E-state index contributed by atoms with van der Waals surface area (Å²) in [6, 6.07) is 9.45. The second-order valence-corrected chi connectivity index (χ2v) is 6.25. The van der Waals surface area contributed by atoms with Gasteiger partial charge in [-0.25, -0.2) is 0 Å². The Hall–Kier alpha value is -3.22. The van der Waals surface area contributed by atoms with Crippen LogP contribution >= 0.6 is 0 Å². The third-order valence-electron chi connectivity index (χ3n) is 3.77. The predicted molar refractivity (Wildman–Crippen MR) is 97.1 cm³/mol. The third-order valence-corrected chi connectivity index (χ3v) is 3.77. The molecule has 3 N–H and O–H groups in total. The van der Waals surface area contributed by atoms with E-state index in [1.807, 2.05) is 32.9 Å². The Bertz CT molecular complexity index is 773. The van der Waals surface area contributed by atoms with Gasteiger partial charge in [0.05, 0.1) is 5.56 Å². The first-order valence-electron chi connectivity index (χ1n) is 8.26. The van der Waals surface area contributed by atoms with E-state index in [0.717, 1.165) is 5.56 Å². The molecule has 2 aromatic rings. The molecule has 1 aromatic carbocycles. The monoisotopic (exact) mass is 354 g/mol. The Labute approximate surface area is 152 Å². The second kappa shape index (κ2) is 8.75. The second-order valence-electron chi connectivity index (χ2n) is 6.25. The maximum absolute atomic E-state index is 12.4. The number of aromatic nitrogens is 1. The summed E-state index contributed by atoms with van der Waals surface area (Å²) >= 11 is 0. The third kappa shape index (κ3) is 5.14. The molecule has 2 rings (SSSR count). The molecule has 1 heterocycles. The molecule has 7 nitrogen and oxygen atoms in total. The van der Waals surface area contributed by atoms with Crippen molar-refractivity contribution in [1.82, 2.24) is 21.2 Å². The minimum Gasteiger partial charge on any atom is -0.340 e. The number of pyridine rings is 1. The van der Waals surface area contributed by atoms with Crippen molar-refractivity contribution in [2.24, 2.45) is 5.92 Å². The molecule has 0 radical (unpaired) electrons. The smallest absolute Gasteiger partial charge is 0.271 e. The molecule has 1 atom stereocenters. The van der Waals surface area contributed by atoms with E-state index in [-0.39, 0.29) is 11.8 Å². The van der Waals surface area contributed by atoms with Crippen molar-refractivity contribution < 1.29 is 14.4 Å². The van der Waals surface area contributed by atoms with Gasteiger partial charge in [0, 0.05) is 18.0 Å². The fourth-order valence-electron chi connectivity index (χ4n) is 2.23. The molecule has 0 bridgehead atoms. The normalized spacial score (nSPS) is 11.5. The molecule has 26 heavy (non-hydrogen) atoms. The highest BCUT2D eigenvalue weighted by atomic mass is 16.2. The minimum absolute atomic E-state index is 0.167. The SMILES string of the molecule is Cc1ccc(C(=O)N[C@H](C(=O)NNC(=O)c2cccnc2)C(C)C)cc1. The van der Waals surface area contributed by atoms with Gasteiger partial charge in [-0.3, -0.25) is 30.2 Å². The first-order chi connectivity index (χ1) is 12.4. The first-order valence-corrected chi connectivity index (χ1v) is 8.26. The lowest BCUT2D eigenvalue weighted by Crippen LogP contribution is -2.54. The van der Waals surface area contributed by atoms with Crippen LogP contribution in [0.1, 0.15) is 40.1 Å². The van der Waals surface area contributed by atoms with Gasteiger partial charge >= 0.3 is 0 Å². The van der Waals surface area contributed by atoms with Crippen LogP contribution in [0.3, 0.4) is 0 Å². The van der Waals surface area contributed by atoms with Crippen LogP contribution in [-0.4, -0.2) is 28.7 Å². The number of rotatable bonds is 5. The zero-order valence-electron chi connectivity index (χ0n) is 14.9. The highest BCUT2D eigenvalue weighted by molar-refractivity contribution is 5.99. The Morgan fingerprint density at radius 1 is 0.923 bits per heavy atom. The summed E-state index contributed by atoms with van der Waals surface area (Å²) in [6.45, 7) is 5.54. The maximum atomic E-state index is 12.4. The Morgan fingerprint density at radius 2 is 1.62 bits per heavy atom. The number of carbonyl (C=O) groups excluding carboxylic acids is 3. The van der Waals surface area contributed by atoms with E-state index in [1.54, 1.807) is 30.5 Å². The van der Waals surface area contributed by atoms with Crippen molar-refractivity contribution >= 4 is 17.7 Å². The zero-order valence-corrected chi connectivity index (χ0v) is 14.9. The molecule has 0 saturated heterocycles. The molecule has 1 aromatic heterocycles. The van der Waals surface area contributed by atoms with Gasteiger partial charge in [-0.15, -0.1) is 0 Å². The highest BCUT2D eigenvalue weighted by Crippen LogP contribution is 2.07. The summed E-state index contributed by atoms with van der Waals surface area (Å²) in [5.74, 6) is -1.51. The van der Waals surface area contributed by atoms with Crippen molar-refractivity contribution in [3.8, 4) is 0 Å². The summed E-state index contributed by atoms with van der Waals surface area (Å²) in [5.41, 5.74) is 6.50. The summed E-state index contributed by atoms with van der Waals surface area (Å²) in [7, 11) is 0. The number of carbonyl (C=O) groups is 3. The fourth-order valence-corrected chi connectivity index (χ4v) is 2.23. The van der Waals surface area contributed by atoms with Gasteiger partial charge in [0.1, 0.15) is 6.04 Å². The van der Waals surface area contributed by atoms with E-state index >= 15 is 0 Å². The number of benzene rings is 1.